The van der Waals surface area contributed by atoms with E-state index in [1.54, 1.807) is 0 Å². The molecule has 4 nitrogen and oxygen atoms in total. The maximum atomic E-state index is 4.54. The lowest BCUT2D eigenvalue weighted by molar-refractivity contribution is 0.319. The van der Waals surface area contributed by atoms with Crippen LogP contribution in [0.25, 0.3) is 0 Å². The summed E-state index contributed by atoms with van der Waals surface area (Å²) in [6.07, 6.45) is 10.4. The number of hydrogen-bond donors (Lipinski definition) is 1. The molecule has 1 fully saturated rings. The smallest absolute Gasteiger partial charge is 0.225 e. The van der Waals surface area contributed by atoms with Crippen LogP contribution in [0.2, 0.25) is 0 Å². The Morgan fingerprint density at radius 2 is 1.95 bits per heavy atom. The van der Waals surface area contributed by atoms with E-state index in [0.29, 0.717) is 6.04 Å². The lowest BCUT2D eigenvalue weighted by Crippen LogP contribution is -2.39. The standard InChI is InChI=1S/C16H28N4/c1-4-9-17-10-14-11-18-16(19-12-14)20(3)15-8-6-5-7-13(15)2/h11-13,15,17H,4-10H2,1-3H3. The van der Waals surface area contributed by atoms with E-state index in [0.717, 1.165) is 36.9 Å². The third-order valence-electron chi connectivity index (χ3n) is 4.33. The second-order valence-corrected chi connectivity index (χ2v) is 6.01. The molecule has 2 rings (SSSR count). The summed E-state index contributed by atoms with van der Waals surface area (Å²) < 4.78 is 0. The van der Waals surface area contributed by atoms with Crippen molar-refractivity contribution in [3.8, 4) is 0 Å². The Hall–Kier alpha value is -1.16. The van der Waals surface area contributed by atoms with E-state index in [-0.39, 0.29) is 0 Å². The molecule has 1 aliphatic rings. The molecule has 20 heavy (non-hydrogen) atoms. The molecule has 1 N–H and O–H groups in total. The molecule has 1 aromatic rings. The summed E-state index contributed by atoms with van der Waals surface area (Å²) in [5.41, 5.74) is 1.16. The minimum Gasteiger partial charge on any atom is -0.341 e. The summed E-state index contributed by atoms with van der Waals surface area (Å²) in [6, 6.07) is 0.591. The van der Waals surface area contributed by atoms with E-state index in [1.807, 2.05) is 12.4 Å². The van der Waals surface area contributed by atoms with Gasteiger partial charge in [-0.15, -0.1) is 0 Å². The molecule has 1 saturated carbocycles. The van der Waals surface area contributed by atoms with Crippen LogP contribution in [0, 0.1) is 5.92 Å². The van der Waals surface area contributed by atoms with Crippen LogP contribution in [-0.4, -0.2) is 29.6 Å². The van der Waals surface area contributed by atoms with E-state index < -0.39 is 0 Å². The second kappa shape index (κ2) is 7.58. The summed E-state index contributed by atoms with van der Waals surface area (Å²) in [6.45, 7) is 6.43. The average molecular weight is 276 g/mol. The Kier molecular flexibility index (Phi) is 5.77. The largest absolute Gasteiger partial charge is 0.341 e. The van der Waals surface area contributed by atoms with E-state index >= 15 is 0 Å². The molecular weight excluding hydrogens is 248 g/mol. The van der Waals surface area contributed by atoms with Crippen molar-refractivity contribution in [1.82, 2.24) is 15.3 Å². The molecule has 0 spiro atoms. The van der Waals surface area contributed by atoms with E-state index in [4.69, 9.17) is 0 Å². The predicted molar refractivity (Wildman–Crippen MR) is 83.9 cm³/mol. The van der Waals surface area contributed by atoms with Crippen molar-refractivity contribution in [3.63, 3.8) is 0 Å². The molecule has 112 valence electrons. The quantitative estimate of drug-likeness (QED) is 0.811. The first-order valence-electron chi connectivity index (χ1n) is 7.96. The summed E-state index contributed by atoms with van der Waals surface area (Å²) >= 11 is 0. The Balaban J connectivity index is 1.94. The fourth-order valence-electron chi connectivity index (χ4n) is 3.05. The molecule has 0 radical (unpaired) electrons. The van der Waals surface area contributed by atoms with Gasteiger partial charge in [0.1, 0.15) is 0 Å². The van der Waals surface area contributed by atoms with Gasteiger partial charge in [-0.1, -0.05) is 26.7 Å². The Bertz CT molecular complexity index is 390. The average Bonchev–Trinajstić information content (AvgIpc) is 2.48. The van der Waals surface area contributed by atoms with Gasteiger partial charge in [-0.05, 0) is 31.7 Å². The topological polar surface area (TPSA) is 41.1 Å². The first-order valence-corrected chi connectivity index (χ1v) is 7.96. The molecule has 0 bridgehead atoms. The summed E-state index contributed by atoms with van der Waals surface area (Å²) in [7, 11) is 2.14. The van der Waals surface area contributed by atoms with Crippen molar-refractivity contribution in [2.75, 3.05) is 18.5 Å². The van der Waals surface area contributed by atoms with E-state index in [1.165, 1.54) is 25.7 Å². The van der Waals surface area contributed by atoms with Gasteiger partial charge in [-0.3, -0.25) is 0 Å². The molecular formula is C16H28N4. The van der Waals surface area contributed by atoms with Crippen molar-refractivity contribution < 1.29 is 0 Å². The van der Waals surface area contributed by atoms with Crippen molar-refractivity contribution in [1.29, 1.82) is 0 Å². The number of anilines is 1. The number of nitrogens with zero attached hydrogens (tertiary/aromatic N) is 3. The lowest BCUT2D eigenvalue weighted by atomic mass is 9.85. The van der Waals surface area contributed by atoms with Crippen LogP contribution in [-0.2, 0) is 6.54 Å². The highest BCUT2D eigenvalue weighted by Gasteiger charge is 2.26. The molecule has 0 aliphatic heterocycles. The first-order chi connectivity index (χ1) is 9.72. The molecule has 1 aliphatic carbocycles. The minimum absolute atomic E-state index is 0.591. The second-order valence-electron chi connectivity index (χ2n) is 6.01. The summed E-state index contributed by atoms with van der Waals surface area (Å²) in [4.78, 5) is 11.4. The molecule has 0 amide bonds. The van der Waals surface area contributed by atoms with Gasteiger partial charge in [0.15, 0.2) is 0 Å². The SMILES string of the molecule is CCCNCc1cnc(N(C)C2CCCCC2C)nc1. The summed E-state index contributed by atoms with van der Waals surface area (Å²) in [5, 5.41) is 3.38. The highest BCUT2D eigenvalue weighted by Crippen LogP contribution is 2.28. The molecule has 2 atom stereocenters. The molecule has 0 aromatic carbocycles. The minimum atomic E-state index is 0.591. The molecule has 2 unspecified atom stereocenters. The van der Waals surface area contributed by atoms with Crippen LogP contribution in [0.5, 0.6) is 0 Å². The van der Waals surface area contributed by atoms with Crippen molar-refractivity contribution in [2.45, 2.75) is 58.5 Å². The number of rotatable bonds is 6. The van der Waals surface area contributed by atoms with Gasteiger partial charge in [0.2, 0.25) is 5.95 Å². The zero-order valence-electron chi connectivity index (χ0n) is 13.1. The Labute approximate surface area is 123 Å². The highest BCUT2D eigenvalue weighted by molar-refractivity contribution is 5.30. The zero-order chi connectivity index (χ0) is 14.4. The number of aromatic nitrogens is 2. The first kappa shape index (κ1) is 15.2. The Morgan fingerprint density at radius 3 is 2.60 bits per heavy atom. The highest BCUT2D eigenvalue weighted by atomic mass is 15.3. The zero-order valence-corrected chi connectivity index (χ0v) is 13.1. The Morgan fingerprint density at radius 1 is 1.25 bits per heavy atom. The van der Waals surface area contributed by atoms with Crippen LogP contribution >= 0.6 is 0 Å². The predicted octanol–water partition coefficient (Wildman–Crippen LogP) is 2.99. The van der Waals surface area contributed by atoms with Crippen LogP contribution in [0.1, 0.15) is 51.5 Å². The number of hydrogen-bond acceptors (Lipinski definition) is 4. The van der Waals surface area contributed by atoms with E-state index in [9.17, 15) is 0 Å². The fraction of sp³-hybridized carbons (Fsp3) is 0.750. The van der Waals surface area contributed by atoms with Gasteiger partial charge in [-0.2, -0.15) is 0 Å². The molecule has 0 saturated heterocycles. The molecule has 1 aromatic heterocycles. The van der Waals surface area contributed by atoms with Crippen LogP contribution in [0.3, 0.4) is 0 Å². The molecule has 1 heterocycles. The monoisotopic (exact) mass is 276 g/mol. The van der Waals surface area contributed by atoms with Gasteiger partial charge in [0.05, 0.1) is 0 Å². The van der Waals surface area contributed by atoms with Gasteiger partial charge >= 0.3 is 0 Å². The van der Waals surface area contributed by atoms with Crippen molar-refractivity contribution >= 4 is 5.95 Å². The third-order valence-corrected chi connectivity index (χ3v) is 4.33. The van der Waals surface area contributed by atoms with Gasteiger partial charge in [0.25, 0.3) is 0 Å². The lowest BCUT2D eigenvalue weighted by Gasteiger charge is -2.36. The maximum absolute atomic E-state index is 4.54. The summed E-state index contributed by atoms with van der Waals surface area (Å²) in [5.74, 6) is 1.60. The van der Waals surface area contributed by atoms with Gasteiger partial charge < -0.3 is 10.2 Å². The van der Waals surface area contributed by atoms with E-state index in [2.05, 4.69) is 41.1 Å². The van der Waals surface area contributed by atoms with Crippen LogP contribution in [0.4, 0.5) is 5.95 Å². The van der Waals surface area contributed by atoms with Crippen LogP contribution in [0.15, 0.2) is 12.4 Å². The normalized spacial score (nSPS) is 22.8. The van der Waals surface area contributed by atoms with Gasteiger partial charge in [0, 0.05) is 37.6 Å². The van der Waals surface area contributed by atoms with Crippen LogP contribution < -0.4 is 10.2 Å². The van der Waals surface area contributed by atoms with Crippen molar-refractivity contribution in [2.24, 2.45) is 5.92 Å². The molecule has 4 heteroatoms. The fourth-order valence-corrected chi connectivity index (χ4v) is 3.05. The maximum Gasteiger partial charge on any atom is 0.225 e. The number of nitrogens with one attached hydrogen (secondary N) is 1. The third kappa shape index (κ3) is 3.92. The van der Waals surface area contributed by atoms with Gasteiger partial charge in [-0.25, -0.2) is 9.97 Å². The van der Waals surface area contributed by atoms with Crippen molar-refractivity contribution in [3.05, 3.63) is 18.0 Å².